The first-order valence-electron chi connectivity index (χ1n) is 4.72. The van der Waals surface area contributed by atoms with E-state index >= 15 is 0 Å². The molecular formula is C11H14BrNO2. The van der Waals surface area contributed by atoms with Gasteiger partial charge in [0.05, 0.1) is 6.42 Å². The van der Waals surface area contributed by atoms with Crippen LogP contribution < -0.4 is 5.73 Å². The lowest BCUT2D eigenvalue weighted by atomic mass is 9.95. The minimum atomic E-state index is -0.817. The third kappa shape index (κ3) is 3.64. The van der Waals surface area contributed by atoms with E-state index in [1.807, 2.05) is 25.1 Å². The largest absolute Gasteiger partial charge is 0.481 e. The first kappa shape index (κ1) is 12.2. The molecule has 0 heterocycles. The van der Waals surface area contributed by atoms with Crippen LogP contribution in [0.1, 0.15) is 23.5 Å². The summed E-state index contributed by atoms with van der Waals surface area (Å²) in [6, 6.07) is 5.89. The molecule has 1 aromatic rings. The average molecular weight is 272 g/mol. The van der Waals surface area contributed by atoms with Gasteiger partial charge in [-0.3, -0.25) is 4.79 Å². The lowest BCUT2D eigenvalue weighted by Gasteiger charge is -2.13. The molecular weight excluding hydrogens is 258 g/mol. The molecule has 1 aromatic carbocycles. The first-order valence-corrected chi connectivity index (χ1v) is 5.51. The second kappa shape index (κ2) is 5.28. The van der Waals surface area contributed by atoms with Gasteiger partial charge in [0.1, 0.15) is 0 Å². The van der Waals surface area contributed by atoms with Crippen LogP contribution in [0.15, 0.2) is 22.7 Å². The summed E-state index contributed by atoms with van der Waals surface area (Å²) in [6.07, 6.45) is 0.0758. The van der Waals surface area contributed by atoms with E-state index in [-0.39, 0.29) is 12.3 Å². The van der Waals surface area contributed by atoms with Gasteiger partial charge in [0, 0.05) is 10.4 Å². The molecule has 1 atom stereocenters. The summed E-state index contributed by atoms with van der Waals surface area (Å²) in [7, 11) is 0. The highest BCUT2D eigenvalue weighted by atomic mass is 79.9. The maximum Gasteiger partial charge on any atom is 0.304 e. The Bertz CT molecular complexity index is 345. The zero-order valence-corrected chi connectivity index (χ0v) is 10.1. The van der Waals surface area contributed by atoms with Gasteiger partial charge in [-0.05, 0) is 36.7 Å². The third-order valence-electron chi connectivity index (χ3n) is 2.24. The van der Waals surface area contributed by atoms with Crippen molar-refractivity contribution >= 4 is 21.9 Å². The van der Waals surface area contributed by atoms with Crippen LogP contribution in [-0.2, 0) is 4.79 Å². The second-order valence-electron chi connectivity index (χ2n) is 3.59. The van der Waals surface area contributed by atoms with E-state index in [0.717, 1.165) is 15.6 Å². The normalized spacial score (nSPS) is 12.5. The summed E-state index contributed by atoms with van der Waals surface area (Å²) in [6.45, 7) is 2.32. The van der Waals surface area contributed by atoms with Crippen LogP contribution in [0.5, 0.6) is 0 Å². The fraction of sp³-hybridized carbons (Fsp3) is 0.364. The van der Waals surface area contributed by atoms with Crippen molar-refractivity contribution in [2.24, 2.45) is 5.73 Å². The lowest BCUT2D eigenvalue weighted by molar-refractivity contribution is -0.137. The van der Waals surface area contributed by atoms with Crippen molar-refractivity contribution < 1.29 is 9.90 Å². The van der Waals surface area contributed by atoms with Crippen molar-refractivity contribution in [1.82, 2.24) is 0 Å². The standard InChI is InChI=1S/C11H14BrNO2/c1-7-2-8(4-10(12)3-7)9(6-13)5-11(14)15/h2-4,9H,5-6,13H2,1H3,(H,14,15). The molecule has 3 nitrogen and oxygen atoms in total. The molecule has 0 fully saturated rings. The quantitative estimate of drug-likeness (QED) is 0.883. The summed E-state index contributed by atoms with van der Waals surface area (Å²) < 4.78 is 0.960. The van der Waals surface area contributed by atoms with Crippen LogP contribution in [0.25, 0.3) is 0 Å². The van der Waals surface area contributed by atoms with Crippen LogP contribution in [0.4, 0.5) is 0 Å². The van der Waals surface area contributed by atoms with Crippen molar-refractivity contribution in [1.29, 1.82) is 0 Å². The van der Waals surface area contributed by atoms with E-state index in [1.54, 1.807) is 0 Å². The molecule has 82 valence electrons. The Morgan fingerprint density at radius 2 is 2.20 bits per heavy atom. The Hall–Kier alpha value is -0.870. The highest BCUT2D eigenvalue weighted by molar-refractivity contribution is 9.10. The fourth-order valence-corrected chi connectivity index (χ4v) is 2.17. The molecule has 1 unspecified atom stereocenters. The second-order valence-corrected chi connectivity index (χ2v) is 4.51. The number of aliphatic carboxylic acids is 1. The van der Waals surface area contributed by atoms with Crippen molar-refractivity contribution in [3.8, 4) is 0 Å². The maximum atomic E-state index is 10.6. The number of carboxylic acid groups (broad SMARTS) is 1. The van der Waals surface area contributed by atoms with Gasteiger partial charge in [0.15, 0.2) is 0 Å². The fourth-order valence-electron chi connectivity index (χ4n) is 1.55. The predicted octanol–water partition coefficient (Wildman–Crippen LogP) is 2.27. The lowest BCUT2D eigenvalue weighted by Crippen LogP contribution is -2.16. The summed E-state index contributed by atoms with van der Waals surface area (Å²) in [5.74, 6) is -0.929. The van der Waals surface area contributed by atoms with Crippen molar-refractivity contribution in [3.63, 3.8) is 0 Å². The topological polar surface area (TPSA) is 63.3 Å². The maximum absolute atomic E-state index is 10.6. The van der Waals surface area contributed by atoms with E-state index in [2.05, 4.69) is 15.9 Å². The number of nitrogens with two attached hydrogens (primary N) is 1. The van der Waals surface area contributed by atoms with Gasteiger partial charge in [0.25, 0.3) is 0 Å². The summed E-state index contributed by atoms with van der Waals surface area (Å²) in [5.41, 5.74) is 7.65. The highest BCUT2D eigenvalue weighted by Gasteiger charge is 2.14. The predicted molar refractivity (Wildman–Crippen MR) is 62.9 cm³/mol. The minimum Gasteiger partial charge on any atom is -0.481 e. The number of hydrogen-bond acceptors (Lipinski definition) is 2. The molecule has 0 bridgehead atoms. The molecule has 4 heteroatoms. The monoisotopic (exact) mass is 271 g/mol. The smallest absolute Gasteiger partial charge is 0.304 e. The summed E-state index contributed by atoms with van der Waals surface area (Å²) in [5, 5.41) is 8.75. The number of aryl methyl sites for hydroxylation is 1. The van der Waals surface area contributed by atoms with Crippen LogP contribution in [-0.4, -0.2) is 17.6 Å². The summed E-state index contributed by atoms with van der Waals surface area (Å²) >= 11 is 3.39. The van der Waals surface area contributed by atoms with Crippen LogP contribution in [0.3, 0.4) is 0 Å². The number of halogens is 1. The molecule has 3 N–H and O–H groups in total. The molecule has 0 aliphatic carbocycles. The summed E-state index contributed by atoms with van der Waals surface area (Å²) in [4.78, 5) is 10.6. The molecule has 0 aliphatic heterocycles. The number of rotatable bonds is 4. The average Bonchev–Trinajstić information content (AvgIpc) is 2.12. The van der Waals surface area contributed by atoms with Crippen LogP contribution in [0.2, 0.25) is 0 Å². The van der Waals surface area contributed by atoms with Gasteiger partial charge < -0.3 is 10.8 Å². The third-order valence-corrected chi connectivity index (χ3v) is 2.70. The molecule has 0 radical (unpaired) electrons. The molecule has 1 rings (SSSR count). The van der Waals surface area contributed by atoms with Crippen molar-refractivity contribution in [3.05, 3.63) is 33.8 Å². The molecule has 0 spiro atoms. The number of benzene rings is 1. The number of carbonyl (C=O) groups is 1. The molecule has 0 aliphatic rings. The van der Waals surface area contributed by atoms with Crippen LogP contribution in [0, 0.1) is 6.92 Å². The van der Waals surface area contributed by atoms with Gasteiger partial charge in [0.2, 0.25) is 0 Å². The Kier molecular flexibility index (Phi) is 4.29. The van der Waals surface area contributed by atoms with E-state index < -0.39 is 5.97 Å². The minimum absolute atomic E-state index is 0.0758. The Morgan fingerprint density at radius 1 is 1.53 bits per heavy atom. The Labute approximate surface area is 97.4 Å². The molecule has 15 heavy (non-hydrogen) atoms. The van der Waals surface area contributed by atoms with Gasteiger partial charge in [-0.15, -0.1) is 0 Å². The first-order chi connectivity index (χ1) is 7.02. The molecule has 0 amide bonds. The highest BCUT2D eigenvalue weighted by Crippen LogP contribution is 2.23. The van der Waals surface area contributed by atoms with E-state index in [4.69, 9.17) is 10.8 Å². The molecule has 0 saturated heterocycles. The van der Waals surface area contributed by atoms with Crippen molar-refractivity contribution in [2.45, 2.75) is 19.3 Å². The molecule has 0 saturated carbocycles. The van der Waals surface area contributed by atoms with E-state index in [9.17, 15) is 4.79 Å². The van der Waals surface area contributed by atoms with Gasteiger partial charge in [-0.1, -0.05) is 22.0 Å². The van der Waals surface area contributed by atoms with Crippen LogP contribution >= 0.6 is 15.9 Å². The zero-order chi connectivity index (χ0) is 11.4. The van der Waals surface area contributed by atoms with Gasteiger partial charge >= 0.3 is 5.97 Å². The Morgan fingerprint density at radius 3 is 2.67 bits per heavy atom. The van der Waals surface area contributed by atoms with Crippen molar-refractivity contribution in [2.75, 3.05) is 6.54 Å². The van der Waals surface area contributed by atoms with E-state index in [0.29, 0.717) is 6.54 Å². The van der Waals surface area contributed by atoms with Gasteiger partial charge in [-0.25, -0.2) is 0 Å². The number of hydrogen-bond donors (Lipinski definition) is 2. The SMILES string of the molecule is Cc1cc(Br)cc(C(CN)CC(=O)O)c1. The van der Waals surface area contributed by atoms with E-state index in [1.165, 1.54) is 0 Å². The molecule has 0 aromatic heterocycles. The van der Waals surface area contributed by atoms with Gasteiger partial charge in [-0.2, -0.15) is 0 Å². The zero-order valence-electron chi connectivity index (χ0n) is 8.53. The number of carboxylic acids is 1. The Balaban J connectivity index is 2.95.